The quantitative estimate of drug-likeness (QED) is 0.747. The zero-order chi connectivity index (χ0) is 13.4. The van der Waals surface area contributed by atoms with Crippen molar-refractivity contribution in [2.24, 2.45) is 0 Å². The molecule has 3 aromatic rings. The van der Waals surface area contributed by atoms with Gasteiger partial charge in [0.1, 0.15) is 11.8 Å². The second kappa shape index (κ2) is 4.59. The number of hydrogen-bond donors (Lipinski definition) is 2. The van der Waals surface area contributed by atoms with Crippen LogP contribution in [-0.4, -0.2) is 19.9 Å². The maximum atomic E-state index is 4.39. The first-order chi connectivity index (χ1) is 9.92. The lowest BCUT2D eigenvalue weighted by atomic mass is 9.93. The van der Waals surface area contributed by atoms with Crippen molar-refractivity contribution < 1.29 is 0 Å². The van der Waals surface area contributed by atoms with Crippen molar-refractivity contribution in [3.8, 4) is 0 Å². The summed E-state index contributed by atoms with van der Waals surface area (Å²) in [6, 6.07) is 6.30. The molecule has 2 N–H and O–H groups in total. The molecule has 0 fully saturated rings. The molecule has 0 amide bonds. The SMILES string of the molecule is c1cnc2c(NC3CCCc4[nH]ccc43)ncnc2c1. The number of nitrogens with one attached hydrogen (secondary N) is 2. The van der Waals surface area contributed by atoms with Crippen LogP contribution in [0, 0.1) is 0 Å². The molecule has 0 radical (unpaired) electrons. The third kappa shape index (κ3) is 1.82. The van der Waals surface area contributed by atoms with Crippen molar-refractivity contribution in [1.29, 1.82) is 0 Å². The van der Waals surface area contributed by atoms with Crippen molar-refractivity contribution in [2.75, 3.05) is 5.32 Å². The molecule has 100 valence electrons. The number of nitrogens with zero attached hydrogens (tertiary/aromatic N) is 3. The molecule has 1 aliphatic rings. The average molecular weight is 265 g/mol. The standard InChI is InChI=1S/C15H15N5/c1-3-11-10(6-8-16-11)12(4-1)20-15-14-13(18-9-19-15)5-2-7-17-14/h2,5-9,12,16H,1,3-4H2,(H,18,19,20). The lowest BCUT2D eigenvalue weighted by molar-refractivity contribution is 0.594. The summed E-state index contributed by atoms with van der Waals surface area (Å²) < 4.78 is 0. The van der Waals surface area contributed by atoms with Gasteiger partial charge in [0, 0.05) is 18.1 Å². The molecular formula is C15H15N5. The Balaban J connectivity index is 1.73. The fourth-order valence-corrected chi connectivity index (χ4v) is 2.91. The highest BCUT2D eigenvalue weighted by Gasteiger charge is 2.21. The smallest absolute Gasteiger partial charge is 0.156 e. The van der Waals surface area contributed by atoms with Crippen molar-refractivity contribution >= 4 is 16.9 Å². The second-order valence-electron chi connectivity index (χ2n) is 5.09. The maximum Gasteiger partial charge on any atom is 0.156 e. The first-order valence-electron chi connectivity index (χ1n) is 6.90. The Morgan fingerprint density at radius 3 is 3.20 bits per heavy atom. The summed E-state index contributed by atoms with van der Waals surface area (Å²) in [5, 5.41) is 3.53. The van der Waals surface area contributed by atoms with Gasteiger partial charge in [-0.1, -0.05) is 0 Å². The van der Waals surface area contributed by atoms with Crippen LogP contribution in [0.4, 0.5) is 5.82 Å². The van der Waals surface area contributed by atoms with E-state index in [-0.39, 0.29) is 0 Å². The molecule has 1 atom stereocenters. The zero-order valence-electron chi connectivity index (χ0n) is 11.0. The van der Waals surface area contributed by atoms with E-state index in [1.165, 1.54) is 17.7 Å². The molecule has 3 heterocycles. The Kier molecular flexibility index (Phi) is 2.62. The Labute approximate surface area is 116 Å². The number of rotatable bonds is 2. The second-order valence-corrected chi connectivity index (χ2v) is 5.09. The Morgan fingerprint density at radius 1 is 1.20 bits per heavy atom. The van der Waals surface area contributed by atoms with E-state index in [2.05, 4.69) is 31.3 Å². The van der Waals surface area contributed by atoms with Crippen LogP contribution in [-0.2, 0) is 6.42 Å². The van der Waals surface area contributed by atoms with Crippen LogP contribution in [0.1, 0.15) is 30.1 Å². The maximum absolute atomic E-state index is 4.39. The minimum Gasteiger partial charge on any atom is -0.365 e. The van der Waals surface area contributed by atoms with E-state index in [0.29, 0.717) is 6.04 Å². The van der Waals surface area contributed by atoms with Crippen LogP contribution in [0.15, 0.2) is 36.9 Å². The van der Waals surface area contributed by atoms with Gasteiger partial charge in [0.05, 0.1) is 11.6 Å². The van der Waals surface area contributed by atoms with Gasteiger partial charge in [0.2, 0.25) is 0 Å². The highest BCUT2D eigenvalue weighted by Crippen LogP contribution is 2.32. The van der Waals surface area contributed by atoms with E-state index in [4.69, 9.17) is 0 Å². The Morgan fingerprint density at radius 2 is 2.20 bits per heavy atom. The summed E-state index contributed by atoms with van der Waals surface area (Å²) in [7, 11) is 0. The highest BCUT2D eigenvalue weighted by molar-refractivity contribution is 5.84. The molecule has 5 heteroatoms. The molecule has 0 bridgehead atoms. The molecule has 0 aliphatic heterocycles. The predicted octanol–water partition coefficient (Wildman–Crippen LogP) is 2.84. The van der Waals surface area contributed by atoms with Crippen LogP contribution in [0.3, 0.4) is 0 Å². The fourth-order valence-electron chi connectivity index (χ4n) is 2.91. The third-order valence-corrected chi connectivity index (χ3v) is 3.87. The number of H-pyrrole nitrogens is 1. The summed E-state index contributed by atoms with van der Waals surface area (Å²) in [4.78, 5) is 16.3. The summed E-state index contributed by atoms with van der Waals surface area (Å²) in [6.45, 7) is 0. The summed E-state index contributed by atoms with van der Waals surface area (Å²) in [6.07, 6.45) is 8.81. The molecule has 0 aromatic carbocycles. The van der Waals surface area contributed by atoms with Gasteiger partial charge in [-0.2, -0.15) is 0 Å². The van der Waals surface area contributed by atoms with E-state index in [1.54, 1.807) is 12.5 Å². The largest absolute Gasteiger partial charge is 0.365 e. The highest BCUT2D eigenvalue weighted by atomic mass is 15.1. The van der Waals surface area contributed by atoms with Crippen LogP contribution < -0.4 is 5.32 Å². The molecule has 0 saturated heterocycles. The van der Waals surface area contributed by atoms with Crippen LogP contribution in [0.2, 0.25) is 0 Å². The third-order valence-electron chi connectivity index (χ3n) is 3.87. The van der Waals surface area contributed by atoms with Crippen molar-refractivity contribution in [1.82, 2.24) is 19.9 Å². The Hall–Kier alpha value is -2.43. The molecule has 0 saturated carbocycles. The minimum atomic E-state index is 0.296. The lowest BCUT2D eigenvalue weighted by Gasteiger charge is -2.24. The Bertz CT molecular complexity index is 743. The van der Waals surface area contributed by atoms with Crippen LogP contribution in [0.5, 0.6) is 0 Å². The molecule has 4 rings (SSSR count). The summed E-state index contributed by atoms with van der Waals surface area (Å²) in [5.41, 5.74) is 4.38. The van der Waals surface area contributed by atoms with Crippen molar-refractivity contribution in [3.05, 3.63) is 48.2 Å². The zero-order valence-corrected chi connectivity index (χ0v) is 11.0. The number of fused-ring (bicyclic) bond motifs is 2. The van der Waals surface area contributed by atoms with Crippen LogP contribution in [0.25, 0.3) is 11.0 Å². The predicted molar refractivity (Wildman–Crippen MR) is 77.4 cm³/mol. The average Bonchev–Trinajstić information content (AvgIpc) is 2.97. The van der Waals surface area contributed by atoms with Gasteiger partial charge < -0.3 is 10.3 Å². The van der Waals surface area contributed by atoms with Gasteiger partial charge in [0.15, 0.2) is 5.82 Å². The van der Waals surface area contributed by atoms with E-state index in [1.807, 2.05) is 18.3 Å². The van der Waals surface area contributed by atoms with Gasteiger partial charge >= 0.3 is 0 Å². The van der Waals surface area contributed by atoms with Gasteiger partial charge in [0.25, 0.3) is 0 Å². The van der Waals surface area contributed by atoms with E-state index in [0.717, 1.165) is 29.7 Å². The summed E-state index contributed by atoms with van der Waals surface area (Å²) in [5.74, 6) is 0.814. The summed E-state index contributed by atoms with van der Waals surface area (Å²) >= 11 is 0. The number of hydrogen-bond acceptors (Lipinski definition) is 4. The first kappa shape index (κ1) is 11.4. The molecular weight excluding hydrogens is 250 g/mol. The van der Waals surface area contributed by atoms with Gasteiger partial charge in [-0.05, 0) is 43.0 Å². The first-order valence-corrected chi connectivity index (χ1v) is 6.90. The van der Waals surface area contributed by atoms with Crippen LogP contribution >= 0.6 is 0 Å². The lowest BCUT2D eigenvalue weighted by Crippen LogP contribution is -2.17. The number of aromatic amines is 1. The topological polar surface area (TPSA) is 66.5 Å². The molecule has 5 nitrogen and oxygen atoms in total. The number of pyridine rings is 1. The van der Waals surface area contributed by atoms with Gasteiger partial charge in [-0.15, -0.1) is 0 Å². The van der Waals surface area contributed by atoms with E-state index >= 15 is 0 Å². The number of anilines is 1. The fraction of sp³-hybridized carbons (Fsp3) is 0.267. The minimum absolute atomic E-state index is 0.296. The van der Waals surface area contributed by atoms with E-state index in [9.17, 15) is 0 Å². The number of aromatic nitrogens is 4. The molecule has 0 spiro atoms. The van der Waals surface area contributed by atoms with Crippen molar-refractivity contribution in [2.45, 2.75) is 25.3 Å². The normalized spacial score (nSPS) is 17.9. The molecule has 20 heavy (non-hydrogen) atoms. The molecule has 3 aromatic heterocycles. The van der Waals surface area contributed by atoms with Gasteiger partial charge in [-0.25, -0.2) is 9.97 Å². The number of aryl methyl sites for hydroxylation is 1. The van der Waals surface area contributed by atoms with Gasteiger partial charge in [-0.3, -0.25) is 4.98 Å². The van der Waals surface area contributed by atoms with E-state index < -0.39 is 0 Å². The van der Waals surface area contributed by atoms with Crippen molar-refractivity contribution in [3.63, 3.8) is 0 Å². The monoisotopic (exact) mass is 265 g/mol. The molecule has 1 unspecified atom stereocenters. The molecule has 1 aliphatic carbocycles.